The maximum Gasteiger partial charge on any atom is 0.231 e. The van der Waals surface area contributed by atoms with Gasteiger partial charge in [0.25, 0.3) is 0 Å². The molecule has 2 aliphatic rings. The quantitative estimate of drug-likeness (QED) is 0.860. The lowest BCUT2D eigenvalue weighted by atomic mass is 9.90. The average molecular weight is 305 g/mol. The number of likely N-dealkylation sites (tertiary alicyclic amines) is 1. The Morgan fingerprint density at radius 1 is 1.41 bits per heavy atom. The Morgan fingerprint density at radius 2 is 2.23 bits per heavy atom. The molecule has 1 fully saturated rings. The Labute approximate surface area is 130 Å². The van der Waals surface area contributed by atoms with Crippen molar-refractivity contribution in [1.29, 1.82) is 0 Å². The first-order chi connectivity index (χ1) is 10.6. The predicted octanol–water partition coefficient (Wildman–Crippen LogP) is 1.41. The highest BCUT2D eigenvalue weighted by Crippen LogP contribution is 2.34. The Morgan fingerprint density at radius 3 is 3.00 bits per heavy atom. The first-order valence-corrected chi connectivity index (χ1v) is 7.70. The molecule has 0 radical (unpaired) electrons. The minimum absolute atomic E-state index is 0.0141. The van der Waals surface area contributed by atoms with Gasteiger partial charge in [-0.3, -0.25) is 4.79 Å². The third-order valence-corrected chi connectivity index (χ3v) is 4.44. The molecule has 3 N–H and O–H groups in total. The number of nitrogens with two attached hydrogens (primary N) is 1. The van der Waals surface area contributed by atoms with Gasteiger partial charge >= 0.3 is 0 Å². The minimum atomic E-state index is 0.0141. The van der Waals surface area contributed by atoms with E-state index in [1.165, 1.54) is 0 Å². The number of amides is 1. The van der Waals surface area contributed by atoms with Crippen LogP contribution in [0.25, 0.3) is 0 Å². The Kier molecular flexibility index (Phi) is 4.22. The molecule has 0 aliphatic carbocycles. The van der Waals surface area contributed by atoms with Crippen LogP contribution in [0.5, 0.6) is 11.5 Å². The number of rotatable bonds is 5. The van der Waals surface area contributed by atoms with Gasteiger partial charge in [0.1, 0.15) is 0 Å². The van der Waals surface area contributed by atoms with Gasteiger partial charge in [0.2, 0.25) is 12.7 Å². The molecule has 1 atom stereocenters. The van der Waals surface area contributed by atoms with E-state index in [0.717, 1.165) is 37.5 Å². The zero-order chi connectivity index (χ0) is 15.6. The van der Waals surface area contributed by atoms with Crippen LogP contribution in [0, 0.1) is 5.41 Å². The van der Waals surface area contributed by atoms with Crippen LogP contribution in [0.4, 0.5) is 5.69 Å². The SMILES string of the molecule is CC1(CN)CCN(CCC(=O)Nc2ccc3c(c2)OCO3)C1. The number of hydrogen-bond donors (Lipinski definition) is 2. The zero-order valence-electron chi connectivity index (χ0n) is 12.9. The van der Waals surface area contributed by atoms with E-state index in [1.54, 1.807) is 6.07 Å². The summed E-state index contributed by atoms with van der Waals surface area (Å²) in [5.41, 5.74) is 6.75. The average Bonchev–Trinajstić information content (AvgIpc) is 3.12. The van der Waals surface area contributed by atoms with Crippen LogP contribution in [0.2, 0.25) is 0 Å². The van der Waals surface area contributed by atoms with E-state index in [9.17, 15) is 4.79 Å². The van der Waals surface area contributed by atoms with E-state index in [4.69, 9.17) is 15.2 Å². The lowest BCUT2D eigenvalue weighted by Gasteiger charge is -2.22. The summed E-state index contributed by atoms with van der Waals surface area (Å²) >= 11 is 0. The molecule has 1 amide bonds. The second-order valence-electron chi connectivity index (χ2n) is 6.41. The molecule has 120 valence electrons. The lowest BCUT2D eigenvalue weighted by molar-refractivity contribution is -0.116. The van der Waals surface area contributed by atoms with Crippen LogP contribution in [-0.4, -0.2) is 43.8 Å². The molecule has 0 spiro atoms. The summed E-state index contributed by atoms with van der Waals surface area (Å²) in [6, 6.07) is 5.43. The van der Waals surface area contributed by atoms with Gasteiger partial charge in [0, 0.05) is 31.3 Å². The summed E-state index contributed by atoms with van der Waals surface area (Å²) in [6.45, 7) is 5.91. The first-order valence-electron chi connectivity index (χ1n) is 7.70. The highest BCUT2D eigenvalue weighted by Gasteiger charge is 2.32. The summed E-state index contributed by atoms with van der Waals surface area (Å²) in [4.78, 5) is 14.4. The molecular weight excluding hydrogens is 282 g/mol. The second-order valence-corrected chi connectivity index (χ2v) is 6.41. The zero-order valence-corrected chi connectivity index (χ0v) is 12.9. The number of nitrogens with zero attached hydrogens (tertiary/aromatic N) is 1. The van der Waals surface area contributed by atoms with Gasteiger partial charge < -0.3 is 25.4 Å². The highest BCUT2D eigenvalue weighted by molar-refractivity contribution is 5.91. The molecule has 0 aromatic heterocycles. The highest BCUT2D eigenvalue weighted by atomic mass is 16.7. The molecule has 0 saturated carbocycles. The van der Waals surface area contributed by atoms with Crippen LogP contribution >= 0.6 is 0 Å². The lowest BCUT2D eigenvalue weighted by Crippen LogP contribution is -2.32. The third-order valence-electron chi connectivity index (χ3n) is 4.44. The number of carbonyl (C=O) groups excluding carboxylic acids is 1. The van der Waals surface area contributed by atoms with Crippen molar-refractivity contribution in [2.75, 3.05) is 38.3 Å². The molecular formula is C16H23N3O3. The van der Waals surface area contributed by atoms with Crippen molar-refractivity contribution in [3.63, 3.8) is 0 Å². The third kappa shape index (κ3) is 3.34. The molecule has 1 aromatic carbocycles. The van der Waals surface area contributed by atoms with E-state index in [1.807, 2.05) is 12.1 Å². The van der Waals surface area contributed by atoms with Crippen LogP contribution < -0.4 is 20.5 Å². The Balaban J connectivity index is 1.47. The van der Waals surface area contributed by atoms with Crippen molar-refractivity contribution in [2.45, 2.75) is 19.8 Å². The topological polar surface area (TPSA) is 76.8 Å². The normalized spacial score (nSPS) is 23.7. The van der Waals surface area contributed by atoms with Crippen molar-refractivity contribution >= 4 is 11.6 Å². The molecule has 0 bridgehead atoms. The Hall–Kier alpha value is -1.79. The van der Waals surface area contributed by atoms with Crippen molar-refractivity contribution in [3.05, 3.63) is 18.2 Å². The van der Waals surface area contributed by atoms with E-state index in [0.29, 0.717) is 18.7 Å². The summed E-state index contributed by atoms with van der Waals surface area (Å²) in [7, 11) is 0. The van der Waals surface area contributed by atoms with Gasteiger partial charge in [-0.1, -0.05) is 6.92 Å². The summed E-state index contributed by atoms with van der Waals surface area (Å²) < 4.78 is 10.6. The fourth-order valence-electron chi connectivity index (χ4n) is 2.94. The van der Waals surface area contributed by atoms with E-state index in [-0.39, 0.29) is 18.1 Å². The maximum atomic E-state index is 12.1. The predicted molar refractivity (Wildman–Crippen MR) is 84.0 cm³/mol. The van der Waals surface area contributed by atoms with Gasteiger partial charge in [-0.15, -0.1) is 0 Å². The first kappa shape index (κ1) is 15.1. The van der Waals surface area contributed by atoms with Crippen molar-refractivity contribution in [3.8, 4) is 11.5 Å². The van der Waals surface area contributed by atoms with Crippen LogP contribution in [0.15, 0.2) is 18.2 Å². The molecule has 2 aliphatic heterocycles. The fourth-order valence-corrected chi connectivity index (χ4v) is 2.94. The van der Waals surface area contributed by atoms with E-state index >= 15 is 0 Å². The number of hydrogen-bond acceptors (Lipinski definition) is 5. The smallest absolute Gasteiger partial charge is 0.231 e. The number of benzene rings is 1. The molecule has 3 rings (SSSR count). The van der Waals surface area contributed by atoms with Crippen molar-refractivity contribution in [2.24, 2.45) is 11.1 Å². The standard InChI is InChI=1S/C16H23N3O3/c1-16(9-17)5-7-19(10-16)6-4-15(20)18-12-2-3-13-14(8-12)22-11-21-13/h2-3,8H,4-7,9-11,17H2,1H3,(H,18,20). The van der Waals surface area contributed by atoms with Crippen LogP contribution in [0.3, 0.4) is 0 Å². The van der Waals surface area contributed by atoms with Gasteiger partial charge in [-0.2, -0.15) is 0 Å². The van der Waals surface area contributed by atoms with Crippen molar-refractivity contribution in [1.82, 2.24) is 4.90 Å². The number of fused-ring (bicyclic) bond motifs is 1. The van der Waals surface area contributed by atoms with Crippen LogP contribution in [0.1, 0.15) is 19.8 Å². The molecule has 1 saturated heterocycles. The largest absolute Gasteiger partial charge is 0.454 e. The molecule has 2 heterocycles. The number of carbonyl (C=O) groups is 1. The van der Waals surface area contributed by atoms with Gasteiger partial charge in [-0.25, -0.2) is 0 Å². The number of nitrogens with one attached hydrogen (secondary N) is 1. The molecule has 22 heavy (non-hydrogen) atoms. The molecule has 1 aromatic rings. The van der Waals surface area contributed by atoms with Crippen LogP contribution in [-0.2, 0) is 4.79 Å². The van der Waals surface area contributed by atoms with Gasteiger partial charge in [0.15, 0.2) is 11.5 Å². The maximum absolute atomic E-state index is 12.1. The number of anilines is 1. The fraction of sp³-hybridized carbons (Fsp3) is 0.562. The number of ether oxygens (including phenoxy) is 2. The minimum Gasteiger partial charge on any atom is -0.454 e. The summed E-state index contributed by atoms with van der Waals surface area (Å²) in [5, 5.41) is 2.90. The monoisotopic (exact) mass is 305 g/mol. The molecule has 6 heteroatoms. The van der Waals surface area contributed by atoms with E-state index in [2.05, 4.69) is 17.1 Å². The van der Waals surface area contributed by atoms with Gasteiger partial charge in [0.05, 0.1) is 0 Å². The van der Waals surface area contributed by atoms with Crippen molar-refractivity contribution < 1.29 is 14.3 Å². The summed E-state index contributed by atoms with van der Waals surface area (Å²) in [5.74, 6) is 1.41. The molecule has 1 unspecified atom stereocenters. The van der Waals surface area contributed by atoms with E-state index < -0.39 is 0 Å². The molecule has 6 nitrogen and oxygen atoms in total. The van der Waals surface area contributed by atoms with Gasteiger partial charge in [-0.05, 0) is 37.1 Å². The summed E-state index contributed by atoms with van der Waals surface area (Å²) in [6.07, 6.45) is 1.59. The second kappa shape index (κ2) is 6.14. The Bertz CT molecular complexity index is 564.